The van der Waals surface area contributed by atoms with Crippen molar-refractivity contribution >= 4 is 11.6 Å². The van der Waals surface area contributed by atoms with Crippen molar-refractivity contribution in [2.75, 3.05) is 0 Å². The normalized spacial score (nSPS) is 50.2. The van der Waals surface area contributed by atoms with E-state index in [9.17, 15) is 9.59 Å². The summed E-state index contributed by atoms with van der Waals surface area (Å²) < 4.78 is 45.6. The summed E-state index contributed by atoms with van der Waals surface area (Å²) in [5.41, 5.74) is 0. The standard InChI is InChI=1S/C37H64O9/c1-14-28-20(6)18(4)23(9)36(42-28)45-33-22(8)24(10)37(46-35(33)26(12)39)44-31-17(3)16-30(41-29(31)15-2)43-32-21(7)19(5)27(13)40-34(32)25(11)38/h17-24,27-37H,14-16H2,1-13H3/t17-,18+,19?,20+,21+,22-,23?,24?,27+,28?,29?,30-,31+,32-,33+,34?,35?,36+,37-/m1/s1. The van der Waals surface area contributed by atoms with Crippen LogP contribution in [0.25, 0.3) is 0 Å². The van der Waals surface area contributed by atoms with Crippen molar-refractivity contribution in [1.82, 2.24) is 0 Å². The molecule has 4 saturated heterocycles. The van der Waals surface area contributed by atoms with Gasteiger partial charge in [0.05, 0.1) is 36.6 Å². The van der Waals surface area contributed by atoms with Crippen LogP contribution in [0.1, 0.15) is 109 Å². The molecule has 0 aromatic rings. The Morgan fingerprint density at radius 1 is 0.543 bits per heavy atom. The quantitative estimate of drug-likeness (QED) is 0.259. The van der Waals surface area contributed by atoms with E-state index in [1.165, 1.54) is 0 Å². The lowest BCUT2D eigenvalue weighted by atomic mass is 9.78. The average Bonchev–Trinajstić information content (AvgIpc) is 3.01. The molecule has 4 aliphatic rings. The Kier molecular flexibility index (Phi) is 13.0. The van der Waals surface area contributed by atoms with Crippen LogP contribution in [-0.4, -0.2) is 79.3 Å². The summed E-state index contributed by atoms with van der Waals surface area (Å²) in [5.74, 6) is 1.44. The number of Topliss-reactive ketones (excluding diaryl/α,β-unsaturated/α-hetero) is 2. The van der Waals surface area contributed by atoms with Gasteiger partial charge in [-0.3, -0.25) is 9.59 Å². The van der Waals surface area contributed by atoms with E-state index < -0.39 is 37.2 Å². The molecule has 19 atom stereocenters. The third kappa shape index (κ3) is 7.76. The van der Waals surface area contributed by atoms with Crippen LogP contribution in [0.3, 0.4) is 0 Å². The molecule has 0 aliphatic carbocycles. The number of rotatable bonds is 10. The molecule has 46 heavy (non-hydrogen) atoms. The van der Waals surface area contributed by atoms with E-state index in [-0.39, 0.29) is 77.6 Å². The highest BCUT2D eigenvalue weighted by molar-refractivity contribution is 5.81. The molecule has 266 valence electrons. The molecule has 4 rings (SSSR count). The molecule has 7 unspecified atom stereocenters. The van der Waals surface area contributed by atoms with E-state index in [1.807, 2.05) is 6.92 Å². The van der Waals surface area contributed by atoms with Gasteiger partial charge in [0.2, 0.25) is 0 Å². The largest absolute Gasteiger partial charge is 0.364 e. The minimum atomic E-state index is -0.751. The average molecular weight is 653 g/mol. The van der Waals surface area contributed by atoms with Gasteiger partial charge in [0, 0.05) is 18.3 Å². The van der Waals surface area contributed by atoms with Gasteiger partial charge in [-0.05, 0) is 69.1 Å². The Morgan fingerprint density at radius 3 is 1.63 bits per heavy atom. The van der Waals surface area contributed by atoms with Crippen LogP contribution in [0.15, 0.2) is 0 Å². The molecule has 4 fully saturated rings. The smallest absolute Gasteiger partial charge is 0.162 e. The van der Waals surface area contributed by atoms with Gasteiger partial charge in [-0.25, -0.2) is 0 Å². The summed E-state index contributed by atoms with van der Waals surface area (Å²) in [6.07, 6.45) is -1.72. The molecule has 0 radical (unpaired) electrons. The molecule has 4 aliphatic heterocycles. The highest BCUT2D eigenvalue weighted by Gasteiger charge is 2.51. The first kappa shape index (κ1) is 37.9. The van der Waals surface area contributed by atoms with Crippen molar-refractivity contribution in [3.05, 3.63) is 0 Å². The molecule has 0 aromatic heterocycles. The van der Waals surface area contributed by atoms with Crippen LogP contribution in [-0.2, 0) is 42.7 Å². The van der Waals surface area contributed by atoms with Gasteiger partial charge in [0.1, 0.15) is 12.2 Å². The number of hydrogen-bond donors (Lipinski definition) is 0. The Bertz CT molecular complexity index is 1020. The fourth-order valence-corrected chi connectivity index (χ4v) is 8.17. The zero-order valence-electron chi connectivity index (χ0n) is 30.8. The molecule has 9 nitrogen and oxygen atoms in total. The van der Waals surface area contributed by atoms with Crippen LogP contribution < -0.4 is 0 Å². The number of carbonyl (C=O) groups excluding carboxylic acids is 2. The first-order valence-electron chi connectivity index (χ1n) is 18.2. The predicted molar refractivity (Wildman–Crippen MR) is 175 cm³/mol. The van der Waals surface area contributed by atoms with Gasteiger partial charge < -0.3 is 33.2 Å². The van der Waals surface area contributed by atoms with Gasteiger partial charge in [-0.15, -0.1) is 0 Å². The number of ketones is 2. The van der Waals surface area contributed by atoms with Crippen LogP contribution in [0.5, 0.6) is 0 Å². The summed E-state index contributed by atoms with van der Waals surface area (Å²) in [6, 6.07) is 0. The second-order valence-electron chi connectivity index (χ2n) is 15.4. The summed E-state index contributed by atoms with van der Waals surface area (Å²) in [4.78, 5) is 25.6. The van der Waals surface area contributed by atoms with Crippen LogP contribution >= 0.6 is 0 Å². The Labute approximate surface area is 278 Å². The van der Waals surface area contributed by atoms with Gasteiger partial charge in [-0.1, -0.05) is 69.2 Å². The van der Waals surface area contributed by atoms with E-state index in [4.69, 9.17) is 33.2 Å². The van der Waals surface area contributed by atoms with Crippen molar-refractivity contribution in [3.8, 4) is 0 Å². The highest BCUT2D eigenvalue weighted by Crippen LogP contribution is 2.43. The van der Waals surface area contributed by atoms with Crippen LogP contribution in [0.2, 0.25) is 0 Å². The minimum absolute atomic E-state index is 0.00478. The Hall–Kier alpha value is -0.940. The molecular weight excluding hydrogens is 588 g/mol. The summed E-state index contributed by atoms with van der Waals surface area (Å²) in [7, 11) is 0. The van der Waals surface area contributed by atoms with Gasteiger partial charge in [0.15, 0.2) is 30.4 Å². The number of carbonyl (C=O) groups is 2. The maximum absolute atomic E-state index is 13.0. The molecule has 9 heteroatoms. The summed E-state index contributed by atoms with van der Waals surface area (Å²) in [6.45, 7) is 26.8. The third-order valence-corrected chi connectivity index (χ3v) is 12.4. The molecule has 0 N–H and O–H groups in total. The number of hydrogen-bond acceptors (Lipinski definition) is 9. The van der Waals surface area contributed by atoms with E-state index in [2.05, 4.69) is 69.2 Å². The van der Waals surface area contributed by atoms with Crippen molar-refractivity contribution in [2.45, 2.75) is 177 Å². The van der Waals surface area contributed by atoms with Gasteiger partial charge in [-0.2, -0.15) is 0 Å². The summed E-state index contributed by atoms with van der Waals surface area (Å²) in [5, 5.41) is 0. The summed E-state index contributed by atoms with van der Waals surface area (Å²) >= 11 is 0. The molecule has 0 spiro atoms. The maximum atomic E-state index is 13.0. The molecular formula is C37H64O9. The van der Waals surface area contributed by atoms with Crippen molar-refractivity contribution in [2.24, 2.45) is 47.3 Å². The lowest BCUT2D eigenvalue weighted by Gasteiger charge is -2.50. The van der Waals surface area contributed by atoms with E-state index in [1.54, 1.807) is 13.8 Å². The van der Waals surface area contributed by atoms with E-state index in [0.717, 1.165) is 12.8 Å². The predicted octanol–water partition coefficient (Wildman–Crippen LogP) is 6.58. The molecule has 4 heterocycles. The van der Waals surface area contributed by atoms with E-state index >= 15 is 0 Å². The fraction of sp³-hybridized carbons (Fsp3) is 0.946. The zero-order valence-corrected chi connectivity index (χ0v) is 30.8. The van der Waals surface area contributed by atoms with Crippen molar-refractivity contribution in [1.29, 1.82) is 0 Å². The lowest BCUT2D eigenvalue weighted by molar-refractivity contribution is -0.342. The zero-order chi connectivity index (χ0) is 34.2. The molecule has 0 amide bonds. The Balaban J connectivity index is 1.44. The topological polar surface area (TPSA) is 98.8 Å². The number of ether oxygens (including phenoxy) is 7. The molecule has 0 aromatic carbocycles. The van der Waals surface area contributed by atoms with Gasteiger partial charge in [0.25, 0.3) is 0 Å². The van der Waals surface area contributed by atoms with Crippen LogP contribution in [0, 0.1) is 47.3 Å². The molecule has 0 bridgehead atoms. The molecule has 0 saturated carbocycles. The second kappa shape index (κ2) is 15.7. The SMILES string of the molecule is CCC1O[C@@H](O[C@@H]2C(C(C)=O)O[C@@H](O[C@@H]3C(CC)O[C@H](O[C@H]4C(C(C)=O)O[C@@H](C)C(C)[C@@H]4C)C[C@H]3C)C(C)[C@H]2C)C(C)[C@@H](C)[C@@H]1C. The van der Waals surface area contributed by atoms with Crippen molar-refractivity contribution in [3.63, 3.8) is 0 Å². The third-order valence-electron chi connectivity index (χ3n) is 12.4. The highest BCUT2D eigenvalue weighted by atomic mass is 16.7. The monoisotopic (exact) mass is 652 g/mol. The fourth-order valence-electron chi connectivity index (χ4n) is 8.17. The first-order valence-corrected chi connectivity index (χ1v) is 18.2. The van der Waals surface area contributed by atoms with Crippen molar-refractivity contribution < 1.29 is 42.7 Å². The maximum Gasteiger partial charge on any atom is 0.162 e. The second-order valence-corrected chi connectivity index (χ2v) is 15.4. The van der Waals surface area contributed by atoms with E-state index in [0.29, 0.717) is 18.3 Å². The van der Waals surface area contributed by atoms with Crippen LogP contribution in [0.4, 0.5) is 0 Å². The minimum Gasteiger partial charge on any atom is -0.364 e. The first-order chi connectivity index (χ1) is 21.6. The van der Waals surface area contributed by atoms with Gasteiger partial charge >= 0.3 is 0 Å². The Morgan fingerprint density at radius 2 is 1.04 bits per heavy atom. The lowest BCUT2D eigenvalue weighted by Crippen LogP contribution is -2.59.